The standard InChI is InChI=1S/C10H9Cl2NO/c1-7-2-3-10(9(12)4-7)14-6-8(11)5-13/h2-4,8H,6H2,1H3. The fourth-order valence-electron chi connectivity index (χ4n) is 0.923. The van der Waals surface area contributed by atoms with E-state index in [2.05, 4.69) is 0 Å². The normalized spacial score (nSPS) is 11.9. The number of nitrogens with zero attached hydrogens (tertiary/aromatic N) is 1. The highest BCUT2D eigenvalue weighted by Gasteiger charge is 2.05. The fourth-order valence-corrected chi connectivity index (χ4v) is 1.28. The number of hydrogen-bond donors (Lipinski definition) is 0. The zero-order chi connectivity index (χ0) is 10.6. The summed E-state index contributed by atoms with van der Waals surface area (Å²) >= 11 is 11.5. The number of rotatable bonds is 3. The van der Waals surface area contributed by atoms with Crippen molar-refractivity contribution in [2.45, 2.75) is 12.3 Å². The number of alkyl halides is 1. The molecule has 0 saturated carbocycles. The smallest absolute Gasteiger partial charge is 0.154 e. The molecule has 0 aliphatic heterocycles. The molecule has 0 radical (unpaired) electrons. The Morgan fingerprint density at radius 1 is 1.57 bits per heavy atom. The van der Waals surface area contributed by atoms with Crippen molar-refractivity contribution in [1.82, 2.24) is 0 Å². The first-order valence-electron chi connectivity index (χ1n) is 4.06. The number of aryl methyl sites for hydroxylation is 1. The van der Waals surface area contributed by atoms with Gasteiger partial charge in [0.1, 0.15) is 12.4 Å². The first kappa shape index (κ1) is 11.2. The van der Waals surface area contributed by atoms with Gasteiger partial charge >= 0.3 is 0 Å². The molecule has 1 aromatic carbocycles. The molecule has 1 atom stereocenters. The van der Waals surface area contributed by atoms with Crippen molar-refractivity contribution in [1.29, 1.82) is 5.26 Å². The molecule has 0 heterocycles. The van der Waals surface area contributed by atoms with Crippen molar-refractivity contribution in [3.05, 3.63) is 28.8 Å². The minimum Gasteiger partial charge on any atom is -0.489 e. The van der Waals surface area contributed by atoms with Crippen LogP contribution in [0.5, 0.6) is 5.75 Å². The van der Waals surface area contributed by atoms with Gasteiger partial charge < -0.3 is 4.74 Å². The molecule has 0 N–H and O–H groups in total. The van der Waals surface area contributed by atoms with Gasteiger partial charge in [-0.1, -0.05) is 17.7 Å². The molecule has 0 fully saturated rings. The fraction of sp³-hybridized carbons (Fsp3) is 0.300. The van der Waals surface area contributed by atoms with Gasteiger partial charge in [0.25, 0.3) is 0 Å². The summed E-state index contributed by atoms with van der Waals surface area (Å²) in [5.74, 6) is 0.554. The van der Waals surface area contributed by atoms with Crippen molar-refractivity contribution in [2.75, 3.05) is 6.61 Å². The van der Waals surface area contributed by atoms with E-state index in [0.717, 1.165) is 5.56 Å². The summed E-state index contributed by atoms with van der Waals surface area (Å²) in [7, 11) is 0. The predicted octanol–water partition coefficient (Wildman–Crippen LogP) is 3.16. The lowest BCUT2D eigenvalue weighted by Crippen LogP contribution is -2.09. The Hall–Kier alpha value is -0.910. The maximum atomic E-state index is 8.43. The molecule has 0 aliphatic rings. The molecular weight excluding hydrogens is 221 g/mol. The predicted molar refractivity (Wildman–Crippen MR) is 56.9 cm³/mol. The van der Waals surface area contributed by atoms with Gasteiger partial charge in [0, 0.05) is 0 Å². The Morgan fingerprint density at radius 2 is 2.29 bits per heavy atom. The second kappa shape index (κ2) is 5.09. The zero-order valence-electron chi connectivity index (χ0n) is 7.63. The summed E-state index contributed by atoms with van der Waals surface area (Å²) < 4.78 is 5.26. The number of ether oxygens (including phenoxy) is 1. The summed E-state index contributed by atoms with van der Waals surface area (Å²) in [4.78, 5) is 0. The molecule has 2 nitrogen and oxygen atoms in total. The Labute approximate surface area is 93.0 Å². The van der Waals surface area contributed by atoms with Crippen molar-refractivity contribution in [3.8, 4) is 11.8 Å². The van der Waals surface area contributed by atoms with Crippen LogP contribution in [0.3, 0.4) is 0 Å². The molecule has 0 saturated heterocycles. The Morgan fingerprint density at radius 3 is 2.86 bits per heavy atom. The highest BCUT2D eigenvalue weighted by molar-refractivity contribution is 6.32. The third-order valence-corrected chi connectivity index (χ3v) is 2.13. The van der Waals surface area contributed by atoms with E-state index in [1.165, 1.54) is 0 Å². The van der Waals surface area contributed by atoms with Gasteiger partial charge in [-0.15, -0.1) is 11.6 Å². The van der Waals surface area contributed by atoms with Crippen LogP contribution >= 0.6 is 23.2 Å². The molecule has 0 aliphatic carbocycles. The second-order valence-corrected chi connectivity index (χ2v) is 3.78. The van der Waals surface area contributed by atoms with E-state index >= 15 is 0 Å². The Kier molecular flexibility index (Phi) is 4.06. The van der Waals surface area contributed by atoms with Crippen LogP contribution in [0.1, 0.15) is 5.56 Å². The lowest BCUT2D eigenvalue weighted by atomic mass is 10.2. The molecule has 4 heteroatoms. The maximum absolute atomic E-state index is 8.43. The minimum absolute atomic E-state index is 0.140. The lowest BCUT2D eigenvalue weighted by molar-refractivity contribution is 0.329. The molecule has 1 aromatic rings. The monoisotopic (exact) mass is 229 g/mol. The van der Waals surface area contributed by atoms with Crippen molar-refractivity contribution in [2.24, 2.45) is 0 Å². The average molecular weight is 230 g/mol. The summed E-state index contributed by atoms with van der Waals surface area (Å²) in [5, 5.41) is 8.32. The number of hydrogen-bond acceptors (Lipinski definition) is 2. The van der Waals surface area contributed by atoms with Gasteiger partial charge in [-0.05, 0) is 24.6 Å². The van der Waals surface area contributed by atoms with Crippen molar-refractivity contribution in [3.63, 3.8) is 0 Å². The van der Waals surface area contributed by atoms with Gasteiger partial charge in [-0.25, -0.2) is 0 Å². The summed E-state index contributed by atoms with van der Waals surface area (Å²) in [5.41, 5.74) is 1.06. The van der Waals surface area contributed by atoms with E-state index in [-0.39, 0.29) is 6.61 Å². The number of nitriles is 1. The SMILES string of the molecule is Cc1ccc(OCC(Cl)C#N)c(Cl)c1. The van der Waals surface area contributed by atoms with Crippen LogP contribution in [0.15, 0.2) is 18.2 Å². The quantitative estimate of drug-likeness (QED) is 0.747. The molecule has 74 valence electrons. The molecule has 14 heavy (non-hydrogen) atoms. The van der Waals surface area contributed by atoms with E-state index in [4.69, 9.17) is 33.2 Å². The summed E-state index contributed by atoms with van der Waals surface area (Å²) in [6, 6.07) is 7.31. The van der Waals surface area contributed by atoms with E-state index in [0.29, 0.717) is 10.8 Å². The molecular formula is C10H9Cl2NO. The van der Waals surface area contributed by atoms with Crippen LogP contribution in [0.4, 0.5) is 0 Å². The highest BCUT2D eigenvalue weighted by Crippen LogP contribution is 2.25. The summed E-state index contributed by atoms with van der Waals surface area (Å²) in [6.07, 6.45) is 0. The van der Waals surface area contributed by atoms with Gasteiger partial charge in [0.2, 0.25) is 0 Å². The van der Waals surface area contributed by atoms with Crippen LogP contribution in [0, 0.1) is 18.3 Å². The van der Waals surface area contributed by atoms with Gasteiger partial charge in [-0.3, -0.25) is 0 Å². The minimum atomic E-state index is -0.646. The molecule has 1 rings (SSSR count). The third-order valence-electron chi connectivity index (χ3n) is 1.61. The average Bonchev–Trinajstić information content (AvgIpc) is 2.16. The van der Waals surface area contributed by atoms with Crippen LogP contribution in [0.2, 0.25) is 5.02 Å². The van der Waals surface area contributed by atoms with Crippen molar-refractivity contribution >= 4 is 23.2 Å². The Balaban J connectivity index is 2.64. The summed E-state index contributed by atoms with van der Waals surface area (Å²) in [6.45, 7) is 2.08. The van der Waals surface area contributed by atoms with Gasteiger partial charge in [0.15, 0.2) is 5.38 Å². The third kappa shape index (κ3) is 3.10. The van der Waals surface area contributed by atoms with Crippen LogP contribution < -0.4 is 4.74 Å². The van der Waals surface area contributed by atoms with Crippen LogP contribution in [0.25, 0.3) is 0 Å². The van der Waals surface area contributed by atoms with Gasteiger partial charge in [-0.2, -0.15) is 5.26 Å². The van der Waals surface area contributed by atoms with E-state index < -0.39 is 5.38 Å². The number of benzene rings is 1. The molecule has 0 aromatic heterocycles. The number of halogens is 2. The first-order valence-corrected chi connectivity index (χ1v) is 4.87. The zero-order valence-corrected chi connectivity index (χ0v) is 9.14. The van der Waals surface area contributed by atoms with E-state index in [9.17, 15) is 0 Å². The van der Waals surface area contributed by atoms with E-state index in [1.807, 2.05) is 19.1 Å². The first-order chi connectivity index (χ1) is 6.63. The second-order valence-electron chi connectivity index (χ2n) is 2.84. The Bertz CT molecular complexity index is 360. The molecule has 0 spiro atoms. The molecule has 0 bridgehead atoms. The van der Waals surface area contributed by atoms with E-state index in [1.54, 1.807) is 12.1 Å². The van der Waals surface area contributed by atoms with Crippen LogP contribution in [-0.2, 0) is 0 Å². The lowest BCUT2D eigenvalue weighted by Gasteiger charge is -2.08. The largest absolute Gasteiger partial charge is 0.489 e. The highest BCUT2D eigenvalue weighted by atomic mass is 35.5. The van der Waals surface area contributed by atoms with Gasteiger partial charge in [0.05, 0.1) is 11.1 Å². The van der Waals surface area contributed by atoms with Crippen LogP contribution in [-0.4, -0.2) is 12.0 Å². The maximum Gasteiger partial charge on any atom is 0.154 e. The molecule has 1 unspecified atom stereocenters. The molecule has 0 amide bonds. The topological polar surface area (TPSA) is 33.0 Å². The van der Waals surface area contributed by atoms with Crippen molar-refractivity contribution < 1.29 is 4.74 Å².